The first-order valence-electron chi connectivity index (χ1n) is 5.79. The molecule has 1 fully saturated rings. The van der Waals surface area contributed by atoms with Crippen LogP contribution in [0.3, 0.4) is 0 Å². The Morgan fingerprint density at radius 3 is 2.59 bits per heavy atom. The highest BCUT2D eigenvalue weighted by Gasteiger charge is 2.48. The van der Waals surface area contributed by atoms with Gasteiger partial charge in [-0.3, -0.25) is 0 Å². The molecule has 98 valence electrons. The molecule has 2 amide bonds. The van der Waals surface area contributed by atoms with Crippen molar-refractivity contribution in [3.05, 3.63) is 0 Å². The van der Waals surface area contributed by atoms with Crippen LogP contribution in [0.1, 0.15) is 26.2 Å². The van der Waals surface area contributed by atoms with Gasteiger partial charge < -0.3 is 20.5 Å². The third kappa shape index (κ3) is 3.89. The number of carbonyl (C=O) groups is 2. The molecule has 0 aromatic heterocycles. The predicted molar refractivity (Wildman–Crippen MR) is 61.8 cm³/mol. The van der Waals surface area contributed by atoms with Crippen LogP contribution in [0, 0.1) is 5.92 Å². The summed E-state index contributed by atoms with van der Waals surface area (Å²) >= 11 is 0. The van der Waals surface area contributed by atoms with Gasteiger partial charge in [0.2, 0.25) is 0 Å². The van der Waals surface area contributed by atoms with Gasteiger partial charge in [-0.25, -0.2) is 9.59 Å². The van der Waals surface area contributed by atoms with Gasteiger partial charge in [-0.15, -0.1) is 0 Å². The van der Waals surface area contributed by atoms with E-state index >= 15 is 0 Å². The number of urea groups is 1. The van der Waals surface area contributed by atoms with E-state index in [9.17, 15) is 9.59 Å². The Hall–Kier alpha value is -1.30. The molecule has 0 saturated heterocycles. The van der Waals surface area contributed by atoms with Crippen LogP contribution in [-0.2, 0) is 9.53 Å². The number of carboxylic acid groups (broad SMARTS) is 1. The number of hydrogen-bond donors (Lipinski definition) is 3. The normalized spacial score (nSPS) is 18.2. The Bertz CT molecular complexity index is 291. The van der Waals surface area contributed by atoms with Gasteiger partial charge in [-0.2, -0.15) is 0 Å². The van der Waals surface area contributed by atoms with Gasteiger partial charge in [0.25, 0.3) is 0 Å². The summed E-state index contributed by atoms with van der Waals surface area (Å²) in [5.41, 5.74) is -1.15. The molecule has 1 aliphatic carbocycles. The molecule has 17 heavy (non-hydrogen) atoms. The van der Waals surface area contributed by atoms with Crippen molar-refractivity contribution < 1.29 is 19.4 Å². The molecule has 6 heteroatoms. The first kappa shape index (κ1) is 13.8. The Balaban J connectivity index is 2.35. The topological polar surface area (TPSA) is 87.7 Å². The Kier molecular flexibility index (Phi) is 4.74. The zero-order chi connectivity index (χ0) is 12.9. The molecule has 0 aliphatic heterocycles. The van der Waals surface area contributed by atoms with Crippen molar-refractivity contribution in [1.82, 2.24) is 10.6 Å². The van der Waals surface area contributed by atoms with E-state index in [0.29, 0.717) is 19.6 Å². The fourth-order valence-corrected chi connectivity index (χ4v) is 1.69. The third-order valence-corrected chi connectivity index (χ3v) is 3.02. The van der Waals surface area contributed by atoms with Crippen molar-refractivity contribution in [2.24, 2.45) is 5.92 Å². The maximum Gasteiger partial charge on any atom is 0.329 e. The van der Waals surface area contributed by atoms with Crippen molar-refractivity contribution in [3.8, 4) is 0 Å². The number of methoxy groups -OCH3 is 1. The van der Waals surface area contributed by atoms with Crippen molar-refractivity contribution in [2.45, 2.75) is 31.7 Å². The lowest BCUT2D eigenvalue weighted by molar-refractivity contribution is -0.144. The van der Waals surface area contributed by atoms with Gasteiger partial charge in [0, 0.05) is 20.3 Å². The molecule has 0 heterocycles. The van der Waals surface area contributed by atoms with Gasteiger partial charge in [-0.05, 0) is 32.1 Å². The molecule has 1 aliphatic rings. The third-order valence-electron chi connectivity index (χ3n) is 3.02. The summed E-state index contributed by atoms with van der Waals surface area (Å²) in [6.45, 7) is 2.60. The van der Waals surface area contributed by atoms with Crippen LogP contribution < -0.4 is 10.6 Å². The first-order valence-corrected chi connectivity index (χ1v) is 5.79. The summed E-state index contributed by atoms with van der Waals surface area (Å²) in [4.78, 5) is 22.7. The Morgan fingerprint density at radius 1 is 1.47 bits per heavy atom. The highest BCUT2D eigenvalue weighted by Crippen LogP contribution is 2.39. The first-order chi connectivity index (χ1) is 8.00. The summed E-state index contributed by atoms with van der Waals surface area (Å²) in [5, 5.41) is 14.3. The summed E-state index contributed by atoms with van der Waals surface area (Å²) < 4.78 is 4.85. The fraction of sp³-hybridized carbons (Fsp3) is 0.818. The number of ether oxygens (including phenoxy) is 1. The zero-order valence-electron chi connectivity index (χ0n) is 10.3. The average molecular weight is 244 g/mol. The molecule has 0 aromatic rings. The lowest BCUT2D eigenvalue weighted by Crippen LogP contribution is -2.56. The second kappa shape index (κ2) is 5.86. The van der Waals surface area contributed by atoms with E-state index in [4.69, 9.17) is 9.84 Å². The van der Waals surface area contributed by atoms with Crippen LogP contribution in [0.25, 0.3) is 0 Å². The molecule has 0 radical (unpaired) electrons. The SMILES string of the molecule is COCCCNC(=O)NC(C)(C(=O)O)C1CC1. The van der Waals surface area contributed by atoms with E-state index in [-0.39, 0.29) is 5.92 Å². The van der Waals surface area contributed by atoms with Crippen LogP contribution in [0.5, 0.6) is 0 Å². The Morgan fingerprint density at radius 2 is 2.12 bits per heavy atom. The summed E-state index contributed by atoms with van der Waals surface area (Å²) in [7, 11) is 1.59. The molecule has 3 N–H and O–H groups in total. The molecule has 1 saturated carbocycles. The van der Waals surface area contributed by atoms with Crippen LogP contribution in [0.2, 0.25) is 0 Å². The van der Waals surface area contributed by atoms with Crippen LogP contribution in [0.15, 0.2) is 0 Å². The maximum absolute atomic E-state index is 11.5. The molecular formula is C11H20N2O4. The summed E-state index contributed by atoms with van der Waals surface area (Å²) in [5.74, 6) is -0.934. The molecule has 1 rings (SSSR count). The molecule has 1 unspecified atom stereocenters. The monoisotopic (exact) mass is 244 g/mol. The van der Waals surface area contributed by atoms with Gasteiger partial charge in [0.15, 0.2) is 0 Å². The van der Waals surface area contributed by atoms with Gasteiger partial charge >= 0.3 is 12.0 Å². The molecule has 0 bridgehead atoms. The molecule has 0 spiro atoms. The minimum atomic E-state index is -1.15. The smallest absolute Gasteiger partial charge is 0.329 e. The molecule has 6 nitrogen and oxygen atoms in total. The minimum Gasteiger partial charge on any atom is -0.480 e. The molecular weight excluding hydrogens is 224 g/mol. The Labute approximate surface area is 101 Å². The van der Waals surface area contributed by atoms with Crippen molar-refractivity contribution in [1.29, 1.82) is 0 Å². The van der Waals surface area contributed by atoms with Crippen LogP contribution in [0.4, 0.5) is 4.79 Å². The van der Waals surface area contributed by atoms with E-state index in [1.54, 1.807) is 14.0 Å². The largest absolute Gasteiger partial charge is 0.480 e. The van der Waals surface area contributed by atoms with Crippen molar-refractivity contribution in [3.63, 3.8) is 0 Å². The number of hydrogen-bond acceptors (Lipinski definition) is 3. The fourth-order valence-electron chi connectivity index (χ4n) is 1.69. The number of carbonyl (C=O) groups excluding carboxylic acids is 1. The van der Waals surface area contributed by atoms with E-state index in [2.05, 4.69) is 10.6 Å². The van der Waals surface area contributed by atoms with Crippen LogP contribution >= 0.6 is 0 Å². The summed E-state index contributed by atoms with van der Waals surface area (Å²) in [6.07, 6.45) is 2.41. The number of nitrogens with one attached hydrogen (secondary N) is 2. The van der Waals surface area contributed by atoms with Gasteiger partial charge in [-0.1, -0.05) is 0 Å². The highest BCUT2D eigenvalue weighted by atomic mass is 16.5. The predicted octanol–water partition coefficient (Wildman–Crippen LogP) is 0.575. The quantitative estimate of drug-likeness (QED) is 0.571. The lowest BCUT2D eigenvalue weighted by Gasteiger charge is -2.26. The standard InChI is InChI=1S/C11H20N2O4/c1-11(9(14)15,8-4-5-8)13-10(16)12-6-3-7-17-2/h8H,3-7H2,1-2H3,(H,14,15)(H2,12,13,16). The molecule has 0 aromatic carbocycles. The average Bonchev–Trinajstić information content (AvgIpc) is 3.07. The summed E-state index contributed by atoms with van der Waals surface area (Å²) in [6, 6.07) is -0.432. The minimum absolute atomic E-state index is 0.0460. The number of amides is 2. The van der Waals surface area contributed by atoms with Gasteiger partial charge in [0.05, 0.1) is 0 Å². The highest BCUT2D eigenvalue weighted by molar-refractivity contribution is 5.86. The van der Waals surface area contributed by atoms with E-state index in [0.717, 1.165) is 12.8 Å². The van der Waals surface area contributed by atoms with E-state index < -0.39 is 17.5 Å². The molecule has 1 atom stereocenters. The lowest BCUT2D eigenvalue weighted by atomic mass is 9.96. The number of aliphatic carboxylic acids is 1. The van der Waals surface area contributed by atoms with Crippen molar-refractivity contribution in [2.75, 3.05) is 20.3 Å². The maximum atomic E-state index is 11.5. The van der Waals surface area contributed by atoms with Crippen LogP contribution in [-0.4, -0.2) is 42.9 Å². The second-order valence-electron chi connectivity index (χ2n) is 4.51. The number of rotatable bonds is 7. The number of carboxylic acids is 1. The van der Waals surface area contributed by atoms with Gasteiger partial charge in [0.1, 0.15) is 5.54 Å². The van der Waals surface area contributed by atoms with Crippen molar-refractivity contribution >= 4 is 12.0 Å². The zero-order valence-corrected chi connectivity index (χ0v) is 10.3. The van der Waals surface area contributed by atoms with E-state index in [1.165, 1.54) is 0 Å². The van der Waals surface area contributed by atoms with E-state index in [1.807, 2.05) is 0 Å². The second-order valence-corrected chi connectivity index (χ2v) is 4.51.